The van der Waals surface area contributed by atoms with Gasteiger partial charge in [-0.3, -0.25) is 37.3 Å². The predicted molar refractivity (Wildman–Crippen MR) is 400 cm³/mol. The van der Waals surface area contributed by atoms with Crippen LogP contribution in [0.3, 0.4) is 0 Å². The lowest BCUT2D eigenvalue weighted by molar-refractivity contribution is -0.161. The van der Waals surface area contributed by atoms with Crippen LogP contribution in [-0.4, -0.2) is 96.7 Å². The summed E-state index contributed by atoms with van der Waals surface area (Å²) in [5, 5.41) is 10.6. The van der Waals surface area contributed by atoms with E-state index in [9.17, 15) is 43.2 Å². The van der Waals surface area contributed by atoms with Crippen molar-refractivity contribution in [3.8, 4) is 0 Å². The Labute approximate surface area is 600 Å². The van der Waals surface area contributed by atoms with Crippen molar-refractivity contribution in [2.75, 3.05) is 39.6 Å². The Hall–Kier alpha value is -1.94. The number of aliphatic hydroxyl groups is 1. The van der Waals surface area contributed by atoms with Crippen molar-refractivity contribution in [3.63, 3.8) is 0 Å². The van der Waals surface area contributed by atoms with E-state index in [4.69, 9.17) is 37.0 Å². The van der Waals surface area contributed by atoms with Gasteiger partial charge >= 0.3 is 39.5 Å². The number of hydrogen-bond acceptors (Lipinski definition) is 15. The molecule has 3 N–H and O–H groups in total. The third-order valence-electron chi connectivity index (χ3n) is 18.4. The number of unbranched alkanes of at least 4 members (excludes halogenated alkanes) is 45. The number of carbonyl (C=O) groups excluding carboxylic acids is 4. The Morgan fingerprint density at radius 1 is 0.276 bits per heavy atom. The summed E-state index contributed by atoms with van der Waals surface area (Å²) in [6.07, 6.45) is 56.9. The maximum atomic E-state index is 13.1. The number of ether oxygens (including phenoxy) is 4. The van der Waals surface area contributed by atoms with Crippen LogP contribution in [0.4, 0.5) is 0 Å². The molecule has 0 rings (SSSR count). The largest absolute Gasteiger partial charge is 0.472 e. The van der Waals surface area contributed by atoms with Crippen molar-refractivity contribution in [1.82, 2.24) is 0 Å². The molecule has 0 spiro atoms. The zero-order chi connectivity index (χ0) is 72.3. The Morgan fingerprint density at radius 2 is 0.469 bits per heavy atom. The fraction of sp³-hybridized carbons (Fsp3) is 0.949. The highest BCUT2D eigenvalue weighted by molar-refractivity contribution is 7.47. The number of phosphoric acid groups is 2. The van der Waals surface area contributed by atoms with E-state index in [0.29, 0.717) is 25.7 Å². The van der Waals surface area contributed by atoms with Crippen molar-refractivity contribution < 1.29 is 80.2 Å². The Bertz CT molecular complexity index is 1900. The normalized spacial score (nSPS) is 14.0. The standard InChI is InChI=1S/C79H154O17P2/c1-8-9-10-11-12-39-46-53-60-76(81)89-66-74(95-78(83)63-56-49-42-35-29-23-17-20-26-32-38-45-52-59-72(6)7)68-93-97(85,86)91-64-73(80)65-92-98(87,88)94-69-75(96-79(84)62-55-48-41-34-28-22-16-14-19-25-31-37-44-51-58-71(4)5)67-90-77(82)61-54-47-40-33-27-21-15-13-18-24-30-36-43-50-57-70(2)3/h70-75,80H,8-69H2,1-7H3,(H,85,86)(H,87,88)/t73-,74+,75+/m0/s1. The summed E-state index contributed by atoms with van der Waals surface area (Å²) in [5.41, 5.74) is 0. The van der Waals surface area contributed by atoms with Crippen molar-refractivity contribution in [2.24, 2.45) is 17.8 Å². The molecule has 0 aliphatic carbocycles. The van der Waals surface area contributed by atoms with Gasteiger partial charge in [-0.05, 0) is 43.4 Å². The molecule has 0 radical (unpaired) electrons. The van der Waals surface area contributed by atoms with E-state index in [1.807, 2.05) is 0 Å². The van der Waals surface area contributed by atoms with Gasteiger partial charge in [-0.25, -0.2) is 9.13 Å². The van der Waals surface area contributed by atoms with E-state index in [-0.39, 0.29) is 25.7 Å². The van der Waals surface area contributed by atoms with Gasteiger partial charge in [-0.1, -0.05) is 357 Å². The minimum atomic E-state index is -4.96. The second kappa shape index (κ2) is 69.4. The molecule has 17 nitrogen and oxygen atoms in total. The summed E-state index contributed by atoms with van der Waals surface area (Å²) >= 11 is 0. The van der Waals surface area contributed by atoms with E-state index in [2.05, 4.69) is 48.5 Å². The number of esters is 4. The first kappa shape index (κ1) is 96.1. The molecule has 0 aliphatic rings. The molecular formula is C79H154O17P2. The number of phosphoric ester groups is 2. The van der Waals surface area contributed by atoms with Crippen molar-refractivity contribution in [1.29, 1.82) is 0 Å². The third kappa shape index (κ3) is 72.4. The summed E-state index contributed by atoms with van der Waals surface area (Å²) in [4.78, 5) is 72.9. The second-order valence-electron chi connectivity index (χ2n) is 29.9. The lowest BCUT2D eigenvalue weighted by Crippen LogP contribution is -2.30. The highest BCUT2D eigenvalue weighted by atomic mass is 31.2. The molecule has 0 aromatic heterocycles. The molecular weight excluding hydrogens is 1280 g/mol. The van der Waals surface area contributed by atoms with Gasteiger partial charge in [-0.2, -0.15) is 0 Å². The van der Waals surface area contributed by atoms with Crippen LogP contribution in [0.5, 0.6) is 0 Å². The zero-order valence-corrected chi connectivity index (χ0v) is 66.0. The van der Waals surface area contributed by atoms with E-state index >= 15 is 0 Å². The molecule has 0 fully saturated rings. The van der Waals surface area contributed by atoms with Crippen molar-refractivity contribution in [3.05, 3.63) is 0 Å². The monoisotopic (exact) mass is 1440 g/mol. The first-order valence-electron chi connectivity index (χ1n) is 40.8. The van der Waals surface area contributed by atoms with Gasteiger partial charge in [0.15, 0.2) is 12.2 Å². The van der Waals surface area contributed by atoms with Gasteiger partial charge < -0.3 is 33.8 Å². The van der Waals surface area contributed by atoms with Gasteiger partial charge in [0.25, 0.3) is 0 Å². The summed E-state index contributed by atoms with van der Waals surface area (Å²) in [6, 6.07) is 0. The van der Waals surface area contributed by atoms with Gasteiger partial charge in [0.1, 0.15) is 19.3 Å². The minimum absolute atomic E-state index is 0.107. The minimum Gasteiger partial charge on any atom is -0.462 e. The van der Waals surface area contributed by atoms with Crippen LogP contribution in [0, 0.1) is 17.8 Å². The molecule has 5 atom stereocenters. The van der Waals surface area contributed by atoms with Crippen molar-refractivity contribution >= 4 is 39.5 Å². The van der Waals surface area contributed by atoms with Crippen LogP contribution in [0.1, 0.15) is 408 Å². The van der Waals surface area contributed by atoms with Crippen LogP contribution in [-0.2, 0) is 65.4 Å². The first-order chi connectivity index (χ1) is 47.2. The van der Waals surface area contributed by atoms with Crippen molar-refractivity contribution in [2.45, 2.75) is 426 Å². The summed E-state index contributed by atoms with van der Waals surface area (Å²) in [7, 11) is -9.91. The third-order valence-corrected chi connectivity index (χ3v) is 20.3. The molecule has 0 aromatic carbocycles. The summed E-state index contributed by atoms with van der Waals surface area (Å²) in [5.74, 6) is 0.266. The van der Waals surface area contributed by atoms with Gasteiger partial charge in [0.2, 0.25) is 0 Å². The second-order valence-corrected chi connectivity index (χ2v) is 32.8. The maximum absolute atomic E-state index is 13.1. The lowest BCUT2D eigenvalue weighted by Gasteiger charge is -2.21. The quantitative estimate of drug-likeness (QED) is 0.0222. The maximum Gasteiger partial charge on any atom is 0.472 e. The molecule has 0 bridgehead atoms. The SMILES string of the molecule is CCCCCCCCCCC(=O)OC[C@H](COP(=O)(O)OC[C@H](O)COP(=O)(O)OC[C@@H](COC(=O)CCCCCCCCCCCCCCCCC(C)C)OC(=O)CCCCCCCCCCCCCCCCC(C)C)OC(=O)CCCCCCCCCCCCCCCC(C)C. The number of hydrogen-bond donors (Lipinski definition) is 3. The molecule has 0 amide bonds. The first-order valence-corrected chi connectivity index (χ1v) is 43.8. The molecule has 582 valence electrons. The highest BCUT2D eigenvalue weighted by Gasteiger charge is 2.30. The Kier molecular flexibility index (Phi) is 68.1. The molecule has 98 heavy (non-hydrogen) atoms. The zero-order valence-electron chi connectivity index (χ0n) is 64.3. The molecule has 0 saturated carbocycles. The lowest BCUT2D eigenvalue weighted by atomic mass is 10.0. The fourth-order valence-corrected chi connectivity index (χ4v) is 13.7. The Balaban J connectivity index is 5.21. The van der Waals surface area contributed by atoms with Crippen LogP contribution in [0.15, 0.2) is 0 Å². The van der Waals surface area contributed by atoms with Gasteiger partial charge in [0.05, 0.1) is 26.4 Å². The number of aliphatic hydroxyl groups excluding tert-OH is 1. The molecule has 2 unspecified atom stereocenters. The molecule has 0 aliphatic heterocycles. The molecule has 0 aromatic rings. The van der Waals surface area contributed by atoms with E-state index in [1.165, 1.54) is 212 Å². The Morgan fingerprint density at radius 3 is 0.694 bits per heavy atom. The van der Waals surface area contributed by atoms with Crippen LogP contribution in [0.25, 0.3) is 0 Å². The van der Waals surface area contributed by atoms with Crippen LogP contribution < -0.4 is 0 Å². The van der Waals surface area contributed by atoms with Crippen LogP contribution in [0.2, 0.25) is 0 Å². The number of rotatable bonds is 77. The average Bonchev–Trinajstić information content (AvgIpc) is 1.13. The fourth-order valence-electron chi connectivity index (χ4n) is 12.1. The summed E-state index contributed by atoms with van der Waals surface area (Å²) in [6.45, 7) is 12.0. The number of carbonyl (C=O) groups is 4. The molecule has 19 heteroatoms. The van der Waals surface area contributed by atoms with E-state index in [0.717, 1.165) is 114 Å². The highest BCUT2D eigenvalue weighted by Crippen LogP contribution is 2.45. The van der Waals surface area contributed by atoms with E-state index < -0.39 is 97.5 Å². The smallest absolute Gasteiger partial charge is 0.462 e. The summed E-state index contributed by atoms with van der Waals surface area (Å²) < 4.78 is 68.6. The van der Waals surface area contributed by atoms with E-state index in [1.54, 1.807) is 0 Å². The van der Waals surface area contributed by atoms with Gasteiger partial charge in [0, 0.05) is 25.7 Å². The van der Waals surface area contributed by atoms with Crippen LogP contribution >= 0.6 is 15.6 Å². The predicted octanol–water partition coefficient (Wildman–Crippen LogP) is 23.4. The average molecular weight is 1440 g/mol. The topological polar surface area (TPSA) is 237 Å². The molecule has 0 saturated heterocycles. The molecule has 0 heterocycles. The van der Waals surface area contributed by atoms with Gasteiger partial charge in [-0.15, -0.1) is 0 Å².